The van der Waals surface area contributed by atoms with Gasteiger partial charge in [0.25, 0.3) is 0 Å². The van der Waals surface area contributed by atoms with Crippen molar-refractivity contribution in [1.29, 1.82) is 0 Å². The van der Waals surface area contributed by atoms with Crippen molar-refractivity contribution in [3.05, 3.63) is 48.6 Å². The van der Waals surface area contributed by atoms with Gasteiger partial charge in [0.05, 0.1) is 12.0 Å². The second-order valence-electron chi connectivity index (χ2n) is 5.49. The molecule has 1 aliphatic rings. The Kier molecular flexibility index (Phi) is 3.93. The van der Waals surface area contributed by atoms with Crippen molar-refractivity contribution in [2.24, 2.45) is 16.6 Å². The summed E-state index contributed by atoms with van der Waals surface area (Å²) in [4.78, 5) is 18.0. The number of rotatable bonds is 4. The summed E-state index contributed by atoms with van der Waals surface area (Å²) in [7, 11) is 1.65. The van der Waals surface area contributed by atoms with Gasteiger partial charge < -0.3 is 5.73 Å². The largest absolute Gasteiger partial charge is 0.369 e. The number of hydrogen-bond acceptors (Lipinski definition) is 3. The molecule has 1 aromatic carbocycles. The third-order valence-electron chi connectivity index (χ3n) is 3.98. The summed E-state index contributed by atoms with van der Waals surface area (Å²) in [6.45, 7) is 5.88. The molecule has 0 saturated heterocycles. The number of carbonyl (C=O) groups excluding carboxylic acids is 1. The van der Waals surface area contributed by atoms with E-state index in [4.69, 9.17) is 5.73 Å². The number of aliphatic imine (C=N–C) groups is 1. The van der Waals surface area contributed by atoms with Crippen LogP contribution in [0.4, 0.5) is 0 Å². The first kappa shape index (κ1) is 14.3. The van der Waals surface area contributed by atoms with Gasteiger partial charge in [-0.3, -0.25) is 9.69 Å². The molecule has 2 atom stereocenters. The van der Waals surface area contributed by atoms with Crippen LogP contribution in [0.3, 0.4) is 0 Å². The first-order chi connectivity index (χ1) is 9.46. The first-order valence-corrected chi connectivity index (χ1v) is 6.74. The fraction of sp³-hybridized carbons (Fsp3) is 0.375. The van der Waals surface area contributed by atoms with Gasteiger partial charge in [-0.05, 0) is 18.9 Å². The third kappa shape index (κ3) is 2.74. The lowest BCUT2D eigenvalue weighted by atomic mass is 9.78. The van der Waals surface area contributed by atoms with E-state index < -0.39 is 5.54 Å². The summed E-state index contributed by atoms with van der Waals surface area (Å²) >= 11 is 0. The van der Waals surface area contributed by atoms with E-state index >= 15 is 0 Å². The van der Waals surface area contributed by atoms with Gasteiger partial charge in [-0.1, -0.05) is 36.4 Å². The molecule has 1 aromatic rings. The summed E-state index contributed by atoms with van der Waals surface area (Å²) in [5.74, 6) is 0.352. The van der Waals surface area contributed by atoms with Crippen LogP contribution in [-0.2, 0) is 11.2 Å². The molecule has 20 heavy (non-hydrogen) atoms. The second kappa shape index (κ2) is 5.49. The summed E-state index contributed by atoms with van der Waals surface area (Å²) in [5.41, 5.74) is 6.54. The average molecular weight is 271 g/mol. The fourth-order valence-corrected chi connectivity index (χ4v) is 2.57. The maximum atomic E-state index is 12.0. The van der Waals surface area contributed by atoms with Gasteiger partial charge in [-0.15, -0.1) is 6.58 Å². The standard InChI is InChI=1S/C16H21N3O/c1-4-13(10-12-8-6-5-7-9-12)16(2)11-14(20)19(3)15(17)18-16/h4-9,13H,1,10-11H2,2-3H3,(H2,17,18)/t13-,16-/m0/s1. The topological polar surface area (TPSA) is 58.7 Å². The zero-order chi connectivity index (χ0) is 14.8. The monoisotopic (exact) mass is 271 g/mol. The van der Waals surface area contributed by atoms with Gasteiger partial charge in [0, 0.05) is 13.0 Å². The molecule has 4 nitrogen and oxygen atoms in total. The zero-order valence-electron chi connectivity index (χ0n) is 12.0. The van der Waals surface area contributed by atoms with E-state index in [-0.39, 0.29) is 17.8 Å². The fourth-order valence-electron chi connectivity index (χ4n) is 2.57. The third-order valence-corrected chi connectivity index (χ3v) is 3.98. The molecule has 0 saturated carbocycles. The van der Waals surface area contributed by atoms with E-state index in [9.17, 15) is 4.79 Å². The molecule has 0 radical (unpaired) electrons. The highest BCUT2D eigenvalue weighted by Gasteiger charge is 2.39. The van der Waals surface area contributed by atoms with Crippen LogP contribution < -0.4 is 5.73 Å². The van der Waals surface area contributed by atoms with Crippen LogP contribution in [-0.4, -0.2) is 29.4 Å². The molecular weight excluding hydrogens is 250 g/mol. The Balaban J connectivity index is 2.27. The van der Waals surface area contributed by atoms with Gasteiger partial charge in [-0.2, -0.15) is 0 Å². The minimum atomic E-state index is -0.523. The van der Waals surface area contributed by atoms with E-state index in [0.29, 0.717) is 6.42 Å². The van der Waals surface area contributed by atoms with E-state index in [0.717, 1.165) is 6.42 Å². The van der Waals surface area contributed by atoms with Crippen molar-refractivity contribution in [1.82, 2.24) is 4.90 Å². The second-order valence-corrected chi connectivity index (χ2v) is 5.49. The molecule has 1 heterocycles. The van der Waals surface area contributed by atoms with E-state index in [1.54, 1.807) is 7.05 Å². The van der Waals surface area contributed by atoms with Crippen molar-refractivity contribution in [2.45, 2.75) is 25.3 Å². The van der Waals surface area contributed by atoms with Crippen LogP contribution in [0.1, 0.15) is 18.9 Å². The Hall–Kier alpha value is -2.10. The molecule has 0 aromatic heterocycles. The molecule has 0 spiro atoms. The molecule has 106 valence electrons. The molecule has 2 N–H and O–H groups in total. The Labute approximate surface area is 120 Å². The Morgan fingerprint density at radius 2 is 2.15 bits per heavy atom. The minimum absolute atomic E-state index is 0.0000818. The smallest absolute Gasteiger partial charge is 0.231 e. The highest BCUT2D eigenvalue weighted by molar-refractivity contribution is 5.98. The van der Waals surface area contributed by atoms with Crippen LogP contribution in [0.15, 0.2) is 48.0 Å². The Morgan fingerprint density at radius 1 is 1.50 bits per heavy atom. The predicted molar refractivity (Wildman–Crippen MR) is 81.2 cm³/mol. The number of hydrogen-bond donors (Lipinski definition) is 1. The number of amides is 1. The van der Waals surface area contributed by atoms with Gasteiger partial charge >= 0.3 is 0 Å². The molecule has 4 heteroatoms. The highest BCUT2D eigenvalue weighted by atomic mass is 16.2. The van der Waals surface area contributed by atoms with Crippen molar-refractivity contribution >= 4 is 11.9 Å². The number of nitrogens with two attached hydrogens (primary N) is 1. The quantitative estimate of drug-likeness (QED) is 0.851. The van der Waals surface area contributed by atoms with Crippen LogP contribution in [0.2, 0.25) is 0 Å². The number of carbonyl (C=O) groups is 1. The highest BCUT2D eigenvalue weighted by Crippen LogP contribution is 2.33. The van der Waals surface area contributed by atoms with Gasteiger partial charge in [0.15, 0.2) is 5.96 Å². The Bertz CT molecular complexity index is 538. The lowest BCUT2D eigenvalue weighted by Gasteiger charge is -2.38. The van der Waals surface area contributed by atoms with Crippen molar-refractivity contribution in [2.75, 3.05) is 7.05 Å². The summed E-state index contributed by atoms with van der Waals surface area (Å²) in [6, 6.07) is 10.2. The zero-order valence-corrected chi connectivity index (χ0v) is 12.0. The van der Waals surface area contributed by atoms with Gasteiger partial charge in [0.1, 0.15) is 0 Å². The normalized spacial score (nSPS) is 24.2. The molecule has 2 rings (SSSR count). The molecule has 0 fully saturated rings. The average Bonchev–Trinajstić information content (AvgIpc) is 2.43. The summed E-state index contributed by atoms with van der Waals surface area (Å²) in [5, 5.41) is 0. The SMILES string of the molecule is C=C[C@@H](Cc1ccccc1)[C@]1(C)CC(=O)N(C)C(N)=N1. The molecule has 0 aliphatic carbocycles. The molecule has 0 unspecified atom stereocenters. The lowest BCUT2D eigenvalue weighted by Crippen LogP contribution is -2.51. The maximum absolute atomic E-state index is 12.0. The lowest BCUT2D eigenvalue weighted by molar-refractivity contribution is -0.128. The summed E-state index contributed by atoms with van der Waals surface area (Å²) < 4.78 is 0. The van der Waals surface area contributed by atoms with Crippen LogP contribution in [0.25, 0.3) is 0 Å². The molecule has 1 aliphatic heterocycles. The Morgan fingerprint density at radius 3 is 2.70 bits per heavy atom. The molecular formula is C16H21N3O. The van der Waals surface area contributed by atoms with Crippen LogP contribution >= 0.6 is 0 Å². The van der Waals surface area contributed by atoms with E-state index in [1.807, 2.05) is 31.2 Å². The van der Waals surface area contributed by atoms with Crippen molar-refractivity contribution in [3.63, 3.8) is 0 Å². The molecule has 0 bridgehead atoms. The number of guanidine groups is 1. The van der Waals surface area contributed by atoms with Crippen molar-refractivity contribution < 1.29 is 4.79 Å². The van der Waals surface area contributed by atoms with E-state index in [2.05, 4.69) is 23.7 Å². The first-order valence-electron chi connectivity index (χ1n) is 6.74. The number of benzene rings is 1. The number of nitrogens with zero attached hydrogens (tertiary/aromatic N) is 2. The predicted octanol–water partition coefficient (Wildman–Crippen LogP) is 1.97. The van der Waals surface area contributed by atoms with Gasteiger partial charge in [-0.25, -0.2) is 4.99 Å². The van der Waals surface area contributed by atoms with Gasteiger partial charge in [0.2, 0.25) is 5.91 Å². The molecule has 1 amide bonds. The maximum Gasteiger partial charge on any atom is 0.231 e. The van der Waals surface area contributed by atoms with Crippen LogP contribution in [0.5, 0.6) is 0 Å². The van der Waals surface area contributed by atoms with Crippen molar-refractivity contribution in [3.8, 4) is 0 Å². The van der Waals surface area contributed by atoms with Crippen LogP contribution in [0, 0.1) is 5.92 Å². The minimum Gasteiger partial charge on any atom is -0.369 e. The summed E-state index contributed by atoms with van der Waals surface area (Å²) in [6.07, 6.45) is 3.03. The van der Waals surface area contributed by atoms with E-state index in [1.165, 1.54) is 10.5 Å².